The number of piperazine rings is 1. The van der Waals surface area contributed by atoms with Gasteiger partial charge in [0.25, 0.3) is 0 Å². The topological polar surface area (TPSA) is 66.9 Å². The van der Waals surface area contributed by atoms with Crippen LogP contribution >= 0.6 is 0 Å². The molecule has 0 bridgehead atoms. The molecule has 1 amide bonds. The minimum atomic E-state index is -3.72. The molecule has 3 rings (SSSR count). The van der Waals surface area contributed by atoms with E-state index in [2.05, 4.69) is 0 Å². The van der Waals surface area contributed by atoms with Crippen molar-refractivity contribution in [3.8, 4) is 5.75 Å². The number of amides is 1. The van der Waals surface area contributed by atoms with Gasteiger partial charge in [-0.05, 0) is 45.0 Å². The molecule has 1 aliphatic rings. The third-order valence-electron chi connectivity index (χ3n) is 4.67. The van der Waals surface area contributed by atoms with Crippen molar-refractivity contribution < 1.29 is 17.9 Å². The van der Waals surface area contributed by atoms with Crippen LogP contribution in [-0.4, -0.2) is 44.4 Å². The average Bonchev–Trinajstić information content (AvgIpc) is 2.64. The van der Waals surface area contributed by atoms with Gasteiger partial charge in [0.2, 0.25) is 15.9 Å². The molecule has 0 radical (unpaired) electrons. The molecular weight excluding hydrogens is 364 g/mol. The molecule has 1 aliphatic heterocycles. The molecule has 2 aromatic rings. The van der Waals surface area contributed by atoms with Gasteiger partial charge in [0.1, 0.15) is 11.8 Å². The molecule has 27 heavy (non-hydrogen) atoms. The van der Waals surface area contributed by atoms with Crippen LogP contribution in [0.4, 0.5) is 5.69 Å². The summed E-state index contributed by atoms with van der Waals surface area (Å²) in [4.78, 5) is 14.7. The molecule has 144 valence electrons. The predicted octanol–water partition coefficient (Wildman–Crippen LogP) is 2.82. The third kappa shape index (κ3) is 3.84. The smallest absolute Gasteiger partial charge is 0.245 e. The Kier molecular flexibility index (Phi) is 5.53. The van der Waals surface area contributed by atoms with Gasteiger partial charge in [-0.25, -0.2) is 8.42 Å². The van der Waals surface area contributed by atoms with Crippen molar-refractivity contribution >= 4 is 21.6 Å². The van der Waals surface area contributed by atoms with Gasteiger partial charge in [0.05, 0.1) is 11.5 Å². The molecule has 1 unspecified atom stereocenters. The first-order valence-electron chi connectivity index (χ1n) is 8.97. The second kappa shape index (κ2) is 7.70. The quantitative estimate of drug-likeness (QED) is 0.790. The molecule has 0 spiro atoms. The van der Waals surface area contributed by atoms with E-state index in [1.165, 1.54) is 4.31 Å². The molecule has 1 atom stereocenters. The lowest BCUT2D eigenvalue weighted by Crippen LogP contribution is -2.57. The number of carbonyl (C=O) groups excluding carboxylic acids is 1. The van der Waals surface area contributed by atoms with Crippen LogP contribution in [0, 0.1) is 6.92 Å². The summed E-state index contributed by atoms with van der Waals surface area (Å²) in [5, 5.41) is 0. The van der Waals surface area contributed by atoms with E-state index in [1.54, 1.807) is 42.2 Å². The normalized spacial score (nSPS) is 18.6. The van der Waals surface area contributed by atoms with E-state index in [1.807, 2.05) is 32.0 Å². The monoisotopic (exact) mass is 388 g/mol. The lowest BCUT2D eigenvalue weighted by atomic mass is 10.2. The fourth-order valence-electron chi connectivity index (χ4n) is 3.19. The predicted molar refractivity (Wildman–Crippen MR) is 104 cm³/mol. The lowest BCUT2D eigenvalue weighted by Gasteiger charge is -2.38. The van der Waals surface area contributed by atoms with Crippen LogP contribution in [0.5, 0.6) is 5.75 Å². The summed E-state index contributed by atoms with van der Waals surface area (Å²) in [6, 6.07) is 13.2. The van der Waals surface area contributed by atoms with E-state index < -0.39 is 16.1 Å². The van der Waals surface area contributed by atoms with Crippen LogP contribution in [-0.2, 0) is 14.8 Å². The average molecular weight is 388 g/mol. The number of rotatable bonds is 5. The van der Waals surface area contributed by atoms with Crippen LogP contribution in [0.3, 0.4) is 0 Å². The SMILES string of the molecule is CCOc1cccc(N2CCN(S(=O)(=O)c3ccc(C)cc3)C(C)C2=O)c1. The fraction of sp³-hybridized carbons (Fsp3) is 0.350. The summed E-state index contributed by atoms with van der Waals surface area (Å²) >= 11 is 0. The Morgan fingerprint density at radius 3 is 2.48 bits per heavy atom. The highest BCUT2D eigenvalue weighted by Crippen LogP contribution is 2.27. The summed E-state index contributed by atoms with van der Waals surface area (Å²) in [6.07, 6.45) is 0. The standard InChI is InChI=1S/C20H24N2O4S/c1-4-26-18-7-5-6-17(14-18)21-12-13-22(16(3)20(21)23)27(24,25)19-10-8-15(2)9-11-19/h5-11,14,16H,4,12-13H2,1-3H3. The Labute approximate surface area is 160 Å². The van der Waals surface area contributed by atoms with Crippen molar-refractivity contribution in [3.63, 3.8) is 0 Å². The van der Waals surface area contributed by atoms with Crippen molar-refractivity contribution in [2.45, 2.75) is 31.7 Å². The Balaban J connectivity index is 1.84. The molecule has 1 heterocycles. The lowest BCUT2D eigenvalue weighted by molar-refractivity contribution is -0.123. The highest BCUT2D eigenvalue weighted by molar-refractivity contribution is 7.89. The zero-order chi connectivity index (χ0) is 19.6. The molecule has 0 aliphatic carbocycles. The van der Waals surface area contributed by atoms with E-state index in [9.17, 15) is 13.2 Å². The summed E-state index contributed by atoms with van der Waals surface area (Å²) in [5.74, 6) is 0.441. The zero-order valence-corrected chi connectivity index (χ0v) is 16.6. The van der Waals surface area contributed by atoms with Gasteiger partial charge in [-0.3, -0.25) is 4.79 Å². The van der Waals surface area contributed by atoms with Crippen LogP contribution in [0.25, 0.3) is 0 Å². The van der Waals surface area contributed by atoms with E-state index in [0.717, 1.165) is 5.56 Å². The third-order valence-corrected chi connectivity index (χ3v) is 6.65. The molecule has 0 N–H and O–H groups in total. The number of benzene rings is 2. The Morgan fingerprint density at radius 1 is 1.11 bits per heavy atom. The maximum atomic E-state index is 13.0. The van der Waals surface area contributed by atoms with Crippen LogP contribution in [0.2, 0.25) is 0 Å². The zero-order valence-electron chi connectivity index (χ0n) is 15.8. The molecule has 0 saturated carbocycles. The molecule has 2 aromatic carbocycles. The maximum absolute atomic E-state index is 13.0. The van der Waals surface area contributed by atoms with Crippen molar-refractivity contribution in [3.05, 3.63) is 54.1 Å². The van der Waals surface area contributed by atoms with Gasteiger partial charge >= 0.3 is 0 Å². The highest BCUT2D eigenvalue weighted by atomic mass is 32.2. The molecule has 6 nitrogen and oxygen atoms in total. The second-order valence-corrected chi connectivity index (χ2v) is 8.42. The van der Waals surface area contributed by atoms with E-state index in [-0.39, 0.29) is 17.3 Å². The van der Waals surface area contributed by atoms with Gasteiger partial charge in [0, 0.05) is 24.8 Å². The van der Waals surface area contributed by atoms with Crippen molar-refractivity contribution in [1.82, 2.24) is 4.31 Å². The Bertz CT molecular complexity index is 925. The minimum Gasteiger partial charge on any atom is -0.494 e. The van der Waals surface area contributed by atoms with Crippen LogP contribution in [0.1, 0.15) is 19.4 Å². The summed E-state index contributed by atoms with van der Waals surface area (Å²) in [6.45, 7) is 6.50. The summed E-state index contributed by atoms with van der Waals surface area (Å²) in [7, 11) is -3.72. The minimum absolute atomic E-state index is 0.208. The van der Waals surface area contributed by atoms with Crippen molar-refractivity contribution in [1.29, 1.82) is 0 Å². The number of carbonyl (C=O) groups is 1. The van der Waals surface area contributed by atoms with Gasteiger partial charge < -0.3 is 9.64 Å². The number of anilines is 1. The van der Waals surface area contributed by atoms with Crippen molar-refractivity contribution in [2.24, 2.45) is 0 Å². The first-order chi connectivity index (χ1) is 12.8. The number of hydrogen-bond acceptors (Lipinski definition) is 4. The number of hydrogen-bond donors (Lipinski definition) is 0. The Morgan fingerprint density at radius 2 is 1.81 bits per heavy atom. The largest absolute Gasteiger partial charge is 0.494 e. The van der Waals surface area contributed by atoms with E-state index in [4.69, 9.17) is 4.74 Å². The Hall–Kier alpha value is -2.38. The molecule has 1 saturated heterocycles. The number of sulfonamides is 1. The first-order valence-corrected chi connectivity index (χ1v) is 10.4. The van der Waals surface area contributed by atoms with Crippen LogP contribution < -0.4 is 9.64 Å². The van der Waals surface area contributed by atoms with E-state index >= 15 is 0 Å². The molecule has 0 aromatic heterocycles. The highest BCUT2D eigenvalue weighted by Gasteiger charge is 2.39. The van der Waals surface area contributed by atoms with Gasteiger partial charge in [-0.15, -0.1) is 0 Å². The van der Waals surface area contributed by atoms with Gasteiger partial charge in [-0.1, -0.05) is 23.8 Å². The molecular formula is C20H24N2O4S. The number of nitrogens with zero attached hydrogens (tertiary/aromatic N) is 2. The summed E-state index contributed by atoms with van der Waals surface area (Å²) in [5.41, 5.74) is 1.70. The van der Waals surface area contributed by atoms with Crippen LogP contribution in [0.15, 0.2) is 53.4 Å². The van der Waals surface area contributed by atoms with Gasteiger partial charge in [0.15, 0.2) is 0 Å². The number of aryl methyl sites for hydroxylation is 1. The first kappa shape index (κ1) is 19.4. The fourth-order valence-corrected chi connectivity index (χ4v) is 4.77. The molecule has 7 heteroatoms. The number of ether oxygens (including phenoxy) is 1. The van der Waals surface area contributed by atoms with Gasteiger partial charge in [-0.2, -0.15) is 4.31 Å². The maximum Gasteiger partial charge on any atom is 0.245 e. The molecule has 1 fully saturated rings. The summed E-state index contributed by atoms with van der Waals surface area (Å²) < 4.78 is 32.7. The van der Waals surface area contributed by atoms with E-state index in [0.29, 0.717) is 24.6 Å². The van der Waals surface area contributed by atoms with Crippen molar-refractivity contribution in [2.75, 3.05) is 24.6 Å². The second-order valence-electron chi connectivity index (χ2n) is 6.53.